The van der Waals surface area contributed by atoms with Gasteiger partial charge in [0.05, 0.1) is 12.6 Å². The average Bonchev–Trinajstić information content (AvgIpc) is 2.83. The van der Waals surface area contributed by atoms with Crippen LogP contribution in [0.15, 0.2) is 29.4 Å². The number of hydrogen-bond donors (Lipinski definition) is 2. The summed E-state index contributed by atoms with van der Waals surface area (Å²) in [7, 11) is -3.87. The average molecular weight is 410 g/mol. The molecule has 154 valence electrons. The van der Waals surface area contributed by atoms with Gasteiger partial charge in [0.15, 0.2) is 10.8 Å². The van der Waals surface area contributed by atoms with E-state index in [2.05, 4.69) is 10.3 Å². The van der Waals surface area contributed by atoms with Crippen molar-refractivity contribution < 1.29 is 22.8 Å². The number of aromatic nitrogens is 1. The van der Waals surface area contributed by atoms with Crippen LogP contribution in [0.25, 0.3) is 0 Å². The molecule has 1 aromatic rings. The van der Waals surface area contributed by atoms with Crippen molar-refractivity contribution in [3.05, 3.63) is 24.4 Å². The Labute approximate surface area is 164 Å². The lowest BCUT2D eigenvalue weighted by Crippen LogP contribution is -2.44. The smallest absolute Gasteiger partial charge is 0.260 e. The van der Waals surface area contributed by atoms with Gasteiger partial charge in [-0.3, -0.25) is 14.4 Å². The lowest BCUT2D eigenvalue weighted by atomic mass is 9.87. The number of pyridine rings is 1. The highest BCUT2D eigenvalue weighted by Gasteiger charge is 2.34. The highest BCUT2D eigenvalue weighted by molar-refractivity contribution is 7.89. The quantitative estimate of drug-likeness (QED) is 0.659. The molecule has 0 aromatic carbocycles. The Bertz CT molecular complexity index is 839. The van der Waals surface area contributed by atoms with Crippen LogP contribution in [0.5, 0.6) is 0 Å². The van der Waals surface area contributed by atoms with Gasteiger partial charge in [0.25, 0.3) is 10.0 Å². The minimum atomic E-state index is -3.87. The van der Waals surface area contributed by atoms with Crippen molar-refractivity contribution in [1.82, 2.24) is 14.6 Å². The van der Waals surface area contributed by atoms with Crippen LogP contribution in [0.2, 0.25) is 0 Å². The number of carbonyl (C=O) groups excluding carboxylic acids is 3. The molecule has 0 spiro atoms. The molecule has 9 nitrogen and oxygen atoms in total. The number of hydrogen-bond acceptors (Lipinski definition) is 6. The lowest BCUT2D eigenvalue weighted by Gasteiger charge is -2.21. The largest absolute Gasteiger partial charge is 0.369 e. The number of nitrogens with zero attached hydrogens (tertiary/aromatic N) is 2. The zero-order valence-corrected chi connectivity index (χ0v) is 16.9. The number of sulfonamides is 1. The van der Waals surface area contributed by atoms with E-state index in [-0.39, 0.29) is 42.6 Å². The van der Waals surface area contributed by atoms with Crippen molar-refractivity contribution in [3.8, 4) is 0 Å². The fourth-order valence-corrected chi connectivity index (χ4v) is 4.18. The SMILES string of the molecule is CC(C)(CCC(=O)N[C@H]1CCCN(S(=O)(=O)c2ccccn2)CC1=O)C(N)=O. The standard InChI is InChI=1S/C18H26N4O5S/c1-18(2,17(19)25)9-8-15(24)21-13-6-5-11-22(12-14(13)23)28(26,27)16-7-3-4-10-20-16/h3-4,7,10,13H,5-6,8-9,11-12H2,1-2H3,(H2,19,25)(H,21,24)/t13-/m0/s1. The van der Waals surface area contributed by atoms with Gasteiger partial charge < -0.3 is 11.1 Å². The molecular formula is C18H26N4O5S. The van der Waals surface area contributed by atoms with E-state index in [1.807, 2.05) is 0 Å². The van der Waals surface area contributed by atoms with Crippen LogP contribution >= 0.6 is 0 Å². The van der Waals surface area contributed by atoms with E-state index in [1.54, 1.807) is 26.0 Å². The van der Waals surface area contributed by atoms with Gasteiger partial charge in [0.2, 0.25) is 11.8 Å². The molecule has 0 aliphatic carbocycles. The Morgan fingerprint density at radius 2 is 2.07 bits per heavy atom. The number of rotatable bonds is 7. The van der Waals surface area contributed by atoms with Crippen molar-refractivity contribution in [2.45, 2.75) is 50.6 Å². The predicted molar refractivity (Wildman–Crippen MR) is 101 cm³/mol. The lowest BCUT2D eigenvalue weighted by molar-refractivity contribution is -0.129. The summed E-state index contributed by atoms with van der Waals surface area (Å²) in [5.74, 6) is -1.24. The molecule has 1 aromatic heterocycles. The number of primary amides is 1. The van der Waals surface area contributed by atoms with E-state index in [0.717, 1.165) is 4.31 Å². The van der Waals surface area contributed by atoms with Gasteiger partial charge in [-0.1, -0.05) is 19.9 Å². The molecule has 0 radical (unpaired) electrons. The Kier molecular flexibility index (Phi) is 6.89. The van der Waals surface area contributed by atoms with Crippen LogP contribution in [0, 0.1) is 5.41 Å². The minimum absolute atomic E-state index is 0.0513. The molecule has 2 rings (SSSR count). The Hall–Kier alpha value is -2.33. The molecule has 3 N–H and O–H groups in total. The van der Waals surface area contributed by atoms with Crippen molar-refractivity contribution >= 4 is 27.6 Å². The van der Waals surface area contributed by atoms with Crippen molar-refractivity contribution in [3.63, 3.8) is 0 Å². The molecule has 0 saturated carbocycles. The molecule has 1 saturated heterocycles. The summed E-state index contributed by atoms with van der Waals surface area (Å²) in [4.78, 5) is 39.9. The first-order chi connectivity index (χ1) is 13.0. The minimum Gasteiger partial charge on any atom is -0.369 e. The molecular weight excluding hydrogens is 384 g/mol. The summed E-state index contributed by atoms with van der Waals surface area (Å²) in [6.45, 7) is 3.15. The van der Waals surface area contributed by atoms with Gasteiger partial charge in [-0.2, -0.15) is 4.31 Å². The second-order valence-electron chi connectivity index (χ2n) is 7.48. The number of nitrogens with one attached hydrogen (secondary N) is 1. The molecule has 1 atom stereocenters. The molecule has 2 heterocycles. The van der Waals surface area contributed by atoms with Crippen molar-refractivity contribution in [2.24, 2.45) is 11.1 Å². The van der Waals surface area contributed by atoms with Gasteiger partial charge in [-0.25, -0.2) is 13.4 Å². The van der Waals surface area contributed by atoms with Gasteiger partial charge in [0, 0.05) is 24.6 Å². The maximum atomic E-state index is 12.7. The molecule has 28 heavy (non-hydrogen) atoms. The monoisotopic (exact) mass is 410 g/mol. The normalized spacial score (nSPS) is 19.1. The van der Waals surface area contributed by atoms with E-state index in [0.29, 0.717) is 12.8 Å². The Morgan fingerprint density at radius 1 is 1.36 bits per heavy atom. The third-order valence-electron chi connectivity index (χ3n) is 4.84. The predicted octanol–water partition coefficient (Wildman–Crippen LogP) is 0.212. The van der Waals surface area contributed by atoms with Crippen molar-refractivity contribution in [1.29, 1.82) is 0 Å². The van der Waals surface area contributed by atoms with Crippen LogP contribution in [0.4, 0.5) is 0 Å². The third-order valence-corrected chi connectivity index (χ3v) is 6.60. The van der Waals surface area contributed by atoms with Gasteiger partial charge in [-0.15, -0.1) is 0 Å². The number of Topliss-reactive ketones (excluding diaryl/α,β-unsaturated/α-hetero) is 1. The second-order valence-corrected chi connectivity index (χ2v) is 9.37. The maximum absolute atomic E-state index is 12.7. The zero-order chi connectivity index (χ0) is 20.9. The van der Waals surface area contributed by atoms with Crippen LogP contribution in [0.3, 0.4) is 0 Å². The van der Waals surface area contributed by atoms with E-state index in [9.17, 15) is 22.8 Å². The topological polar surface area (TPSA) is 140 Å². The van der Waals surface area contributed by atoms with Crippen LogP contribution in [-0.2, 0) is 24.4 Å². The van der Waals surface area contributed by atoms with Crippen LogP contribution in [0.1, 0.15) is 39.5 Å². The van der Waals surface area contributed by atoms with Gasteiger partial charge in [0.1, 0.15) is 0 Å². The molecule has 1 aliphatic rings. The Morgan fingerprint density at radius 3 is 2.68 bits per heavy atom. The summed E-state index contributed by atoms with van der Waals surface area (Å²) < 4.78 is 26.4. The molecule has 0 unspecified atom stereocenters. The highest BCUT2D eigenvalue weighted by atomic mass is 32.2. The van der Waals surface area contributed by atoms with E-state index < -0.39 is 27.4 Å². The van der Waals surface area contributed by atoms with Gasteiger partial charge >= 0.3 is 0 Å². The number of nitrogens with two attached hydrogens (primary N) is 1. The summed E-state index contributed by atoms with van der Waals surface area (Å²) >= 11 is 0. The first-order valence-corrected chi connectivity index (χ1v) is 10.5. The van der Waals surface area contributed by atoms with Crippen LogP contribution in [-0.4, -0.2) is 54.4 Å². The number of carbonyl (C=O) groups is 3. The summed E-state index contributed by atoms with van der Waals surface area (Å²) in [5, 5.41) is 2.54. The first-order valence-electron chi connectivity index (χ1n) is 9.07. The molecule has 1 aliphatic heterocycles. The molecule has 10 heteroatoms. The van der Waals surface area contributed by atoms with E-state index in [1.165, 1.54) is 12.3 Å². The van der Waals surface area contributed by atoms with E-state index >= 15 is 0 Å². The number of amides is 2. The fraction of sp³-hybridized carbons (Fsp3) is 0.556. The number of ketones is 1. The maximum Gasteiger partial charge on any atom is 0.260 e. The molecule has 1 fully saturated rings. The first kappa shape index (κ1) is 22.0. The molecule has 2 amide bonds. The van der Waals surface area contributed by atoms with Crippen molar-refractivity contribution in [2.75, 3.05) is 13.1 Å². The van der Waals surface area contributed by atoms with E-state index in [4.69, 9.17) is 5.73 Å². The Balaban J connectivity index is 1.99. The fourth-order valence-electron chi connectivity index (χ4n) is 2.80. The summed E-state index contributed by atoms with van der Waals surface area (Å²) in [6, 6.07) is 3.80. The molecule has 0 bridgehead atoms. The summed E-state index contributed by atoms with van der Waals surface area (Å²) in [6.07, 6.45) is 2.46. The second kappa shape index (κ2) is 8.78. The van der Waals surface area contributed by atoms with Gasteiger partial charge in [-0.05, 0) is 31.4 Å². The summed E-state index contributed by atoms with van der Waals surface area (Å²) in [5.41, 5.74) is 4.47. The highest BCUT2D eigenvalue weighted by Crippen LogP contribution is 2.22. The zero-order valence-electron chi connectivity index (χ0n) is 16.1. The van der Waals surface area contributed by atoms with Crippen LogP contribution < -0.4 is 11.1 Å². The third kappa shape index (κ3) is 5.35.